The van der Waals surface area contributed by atoms with E-state index in [2.05, 4.69) is 17.2 Å². The first-order valence-corrected chi connectivity index (χ1v) is 6.33. The SMILES string of the molecule is CC1(CN=C(N)NCC2CCCO2)CCC1. The Kier molecular flexibility index (Phi) is 3.69. The maximum absolute atomic E-state index is 5.82. The van der Waals surface area contributed by atoms with E-state index in [1.165, 1.54) is 25.7 Å². The number of rotatable bonds is 4. The molecule has 0 bridgehead atoms. The van der Waals surface area contributed by atoms with Crippen molar-refractivity contribution in [2.75, 3.05) is 19.7 Å². The third-order valence-corrected chi connectivity index (χ3v) is 3.73. The van der Waals surface area contributed by atoms with E-state index in [9.17, 15) is 0 Å². The van der Waals surface area contributed by atoms with E-state index in [0.717, 1.165) is 26.1 Å². The number of nitrogens with two attached hydrogens (primary N) is 1. The van der Waals surface area contributed by atoms with Gasteiger partial charge in [-0.2, -0.15) is 0 Å². The van der Waals surface area contributed by atoms with Gasteiger partial charge in [-0.15, -0.1) is 0 Å². The van der Waals surface area contributed by atoms with Crippen LogP contribution in [0.4, 0.5) is 0 Å². The molecule has 1 unspecified atom stereocenters. The second-order valence-corrected chi connectivity index (χ2v) is 5.38. The fraction of sp³-hybridized carbons (Fsp3) is 0.917. The first kappa shape index (κ1) is 11.7. The first-order valence-electron chi connectivity index (χ1n) is 6.33. The van der Waals surface area contributed by atoms with Gasteiger partial charge in [0.05, 0.1) is 6.10 Å². The number of nitrogens with zero attached hydrogens (tertiary/aromatic N) is 1. The molecule has 92 valence electrons. The molecule has 16 heavy (non-hydrogen) atoms. The minimum atomic E-state index is 0.327. The quantitative estimate of drug-likeness (QED) is 0.559. The molecule has 3 N–H and O–H groups in total. The fourth-order valence-electron chi connectivity index (χ4n) is 2.29. The molecule has 1 saturated carbocycles. The van der Waals surface area contributed by atoms with E-state index in [-0.39, 0.29) is 0 Å². The second-order valence-electron chi connectivity index (χ2n) is 5.38. The van der Waals surface area contributed by atoms with Gasteiger partial charge in [0.2, 0.25) is 0 Å². The monoisotopic (exact) mass is 225 g/mol. The molecule has 4 nitrogen and oxygen atoms in total. The van der Waals surface area contributed by atoms with Crippen LogP contribution in [0.15, 0.2) is 4.99 Å². The lowest BCUT2D eigenvalue weighted by Gasteiger charge is -2.36. The highest BCUT2D eigenvalue weighted by Crippen LogP contribution is 2.40. The van der Waals surface area contributed by atoms with Crippen molar-refractivity contribution in [3.05, 3.63) is 0 Å². The maximum Gasteiger partial charge on any atom is 0.188 e. The van der Waals surface area contributed by atoms with Gasteiger partial charge in [0.15, 0.2) is 5.96 Å². The van der Waals surface area contributed by atoms with Crippen LogP contribution in [0.3, 0.4) is 0 Å². The summed E-state index contributed by atoms with van der Waals surface area (Å²) in [5.41, 5.74) is 6.23. The highest BCUT2D eigenvalue weighted by atomic mass is 16.5. The molecule has 1 aliphatic heterocycles. The van der Waals surface area contributed by atoms with E-state index in [0.29, 0.717) is 17.5 Å². The average molecular weight is 225 g/mol. The van der Waals surface area contributed by atoms with Gasteiger partial charge in [0, 0.05) is 19.7 Å². The van der Waals surface area contributed by atoms with Crippen molar-refractivity contribution in [1.29, 1.82) is 0 Å². The largest absolute Gasteiger partial charge is 0.376 e. The summed E-state index contributed by atoms with van der Waals surface area (Å²) < 4.78 is 5.51. The molecule has 0 radical (unpaired) electrons. The minimum Gasteiger partial charge on any atom is -0.376 e. The summed E-state index contributed by atoms with van der Waals surface area (Å²) >= 11 is 0. The van der Waals surface area contributed by atoms with Crippen LogP contribution in [0.5, 0.6) is 0 Å². The van der Waals surface area contributed by atoms with Crippen LogP contribution in [0.2, 0.25) is 0 Å². The van der Waals surface area contributed by atoms with Crippen molar-refractivity contribution in [3.8, 4) is 0 Å². The molecule has 1 aliphatic carbocycles. The number of ether oxygens (including phenoxy) is 1. The van der Waals surface area contributed by atoms with Crippen molar-refractivity contribution in [3.63, 3.8) is 0 Å². The van der Waals surface area contributed by atoms with Gasteiger partial charge in [0.1, 0.15) is 0 Å². The van der Waals surface area contributed by atoms with Crippen LogP contribution in [0, 0.1) is 5.41 Å². The summed E-state index contributed by atoms with van der Waals surface area (Å²) in [4.78, 5) is 4.41. The van der Waals surface area contributed by atoms with Crippen LogP contribution >= 0.6 is 0 Å². The van der Waals surface area contributed by atoms with Crippen LogP contribution < -0.4 is 11.1 Å². The summed E-state index contributed by atoms with van der Waals surface area (Å²) in [5, 5.41) is 3.15. The van der Waals surface area contributed by atoms with Gasteiger partial charge in [-0.25, -0.2) is 0 Å². The lowest BCUT2D eigenvalue weighted by Crippen LogP contribution is -2.38. The molecule has 1 heterocycles. The van der Waals surface area contributed by atoms with E-state index in [4.69, 9.17) is 10.5 Å². The lowest BCUT2D eigenvalue weighted by atomic mass is 9.71. The van der Waals surface area contributed by atoms with Crippen molar-refractivity contribution < 1.29 is 4.74 Å². The minimum absolute atomic E-state index is 0.327. The van der Waals surface area contributed by atoms with Gasteiger partial charge in [-0.3, -0.25) is 4.99 Å². The Bertz CT molecular complexity index is 255. The van der Waals surface area contributed by atoms with Gasteiger partial charge in [0.25, 0.3) is 0 Å². The molecule has 0 aromatic heterocycles. The molecule has 1 atom stereocenters. The normalized spacial score (nSPS) is 28.8. The summed E-state index contributed by atoms with van der Waals surface area (Å²) in [6.07, 6.45) is 6.55. The molecule has 2 aliphatic rings. The number of nitrogens with one attached hydrogen (secondary N) is 1. The maximum atomic E-state index is 5.82. The van der Waals surface area contributed by atoms with Gasteiger partial charge < -0.3 is 15.8 Å². The van der Waals surface area contributed by atoms with E-state index in [1.807, 2.05) is 0 Å². The molecule has 1 saturated heterocycles. The zero-order valence-electron chi connectivity index (χ0n) is 10.2. The second kappa shape index (κ2) is 5.04. The predicted octanol–water partition coefficient (Wildman–Crippen LogP) is 1.26. The Hall–Kier alpha value is -0.770. The molecule has 0 spiro atoms. The van der Waals surface area contributed by atoms with Gasteiger partial charge in [-0.1, -0.05) is 13.3 Å². The highest BCUT2D eigenvalue weighted by Gasteiger charge is 2.31. The average Bonchev–Trinajstić information content (AvgIpc) is 2.73. The molecule has 2 fully saturated rings. The molecule has 0 aromatic rings. The fourth-order valence-corrected chi connectivity index (χ4v) is 2.29. The standard InChI is InChI=1S/C12H23N3O/c1-12(5-3-6-12)9-15-11(13)14-8-10-4-2-7-16-10/h10H,2-9H2,1H3,(H3,13,14,15). The Morgan fingerprint density at radius 2 is 2.31 bits per heavy atom. The molecular weight excluding hydrogens is 202 g/mol. The van der Waals surface area contributed by atoms with E-state index < -0.39 is 0 Å². The van der Waals surface area contributed by atoms with Crippen molar-refractivity contribution in [2.24, 2.45) is 16.1 Å². The van der Waals surface area contributed by atoms with Crippen LogP contribution in [0.1, 0.15) is 39.0 Å². The molecule has 0 amide bonds. The Balaban J connectivity index is 1.65. The van der Waals surface area contributed by atoms with Crippen LogP contribution in [0.25, 0.3) is 0 Å². The van der Waals surface area contributed by atoms with Crippen molar-refractivity contribution >= 4 is 5.96 Å². The van der Waals surface area contributed by atoms with Crippen LogP contribution in [-0.4, -0.2) is 31.8 Å². The Labute approximate surface area is 97.6 Å². The predicted molar refractivity (Wildman–Crippen MR) is 65.4 cm³/mol. The number of aliphatic imine (C=N–C) groups is 1. The third-order valence-electron chi connectivity index (χ3n) is 3.73. The molecule has 2 rings (SSSR count). The summed E-state index contributed by atoms with van der Waals surface area (Å²) in [6, 6.07) is 0. The zero-order chi connectivity index (χ0) is 11.4. The van der Waals surface area contributed by atoms with E-state index in [1.54, 1.807) is 0 Å². The Morgan fingerprint density at radius 1 is 1.50 bits per heavy atom. The summed E-state index contributed by atoms with van der Waals surface area (Å²) in [7, 11) is 0. The van der Waals surface area contributed by atoms with Crippen LogP contribution in [-0.2, 0) is 4.74 Å². The summed E-state index contributed by atoms with van der Waals surface area (Å²) in [5.74, 6) is 0.573. The smallest absolute Gasteiger partial charge is 0.188 e. The topological polar surface area (TPSA) is 59.6 Å². The highest BCUT2D eigenvalue weighted by molar-refractivity contribution is 5.77. The third kappa shape index (κ3) is 3.11. The zero-order valence-corrected chi connectivity index (χ0v) is 10.2. The van der Waals surface area contributed by atoms with Gasteiger partial charge >= 0.3 is 0 Å². The molecular formula is C12H23N3O. The van der Waals surface area contributed by atoms with Crippen molar-refractivity contribution in [1.82, 2.24) is 5.32 Å². The molecule has 0 aromatic carbocycles. The number of guanidine groups is 1. The van der Waals surface area contributed by atoms with Gasteiger partial charge in [-0.05, 0) is 31.1 Å². The lowest BCUT2D eigenvalue weighted by molar-refractivity contribution is 0.114. The summed E-state index contributed by atoms with van der Waals surface area (Å²) in [6.45, 7) is 4.83. The van der Waals surface area contributed by atoms with E-state index >= 15 is 0 Å². The first-order chi connectivity index (χ1) is 7.68. The number of hydrogen-bond acceptors (Lipinski definition) is 2. The van der Waals surface area contributed by atoms with Crippen molar-refractivity contribution in [2.45, 2.75) is 45.1 Å². The molecule has 4 heteroatoms. The Morgan fingerprint density at radius 3 is 2.88 bits per heavy atom. The number of hydrogen-bond donors (Lipinski definition) is 2.